The molecule has 1 saturated heterocycles. The van der Waals surface area contributed by atoms with Gasteiger partial charge in [0.25, 0.3) is 5.91 Å². The number of aromatic amines is 1. The van der Waals surface area contributed by atoms with Gasteiger partial charge in [-0.05, 0) is 37.8 Å². The maximum atomic E-state index is 12.6. The molecule has 0 saturated carbocycles. The highest BCUT2D eigenvalue weighted by atomic mass is 32.2. The highest BCUT2D eigenvalue weighted by Crippen LogP contribution is 2.32. The van der Waals surface area contributed by atoms with Crippen LogP contribution >= 0.6 is 23.3 Å². The fourth-order valence-corrected chi connectivity index (χ4v) is 5.00. The summed E-state index contributed by atoms with van der Waals surface area (Å²) in [4.78, 5) is 22.7. The van der Waals surface area contributed by atoms with E-state index >= 15 is 0 Å². The van der Waals surface area contributed by atoms with E-state index in [2.05, 4.69) is 20.8 Å². The second-order valence-corrected chi connectivity index (χ2v) is 8.63. The number of benzene rings is 1. The Balaban J connectivity index is 1.48. The lowest BCUT2D eigenvalue weighted by Crippen LogP contribution is -2.35. The SMILES string of the molecule is Cc1ccc(NSc2ncc(C(=O)N3CCCCC3)s2)c2[nH]cc(C#N)c12. The fraction of sp³-hybridized carbons (Fsp3) is 0.316. The summed E-state index contributed by atoms with van der Waals surface area (Å²) in [5, 5.41) is 10.2. The van der Waals surface area contributed by atoms with Crippen LogP contribution < -0.4 is 4.72 Å². The molecule has 27 heavy (non-hydrogen) atoms. The van der Waals surface area contributed by atoms with Crippen LogP contribution in [0.3, 0.4) is 0 Å². The standard InChI is InChI=1S/C19H19N5OS2/c1-12-5-6-14(17-16(12)13(9-20)10-21-17)23-27-19-22-11-15(26-19)18(25)24-7-3-2-4-8-24/h5-6,10-11,21,23H,2-4,7-8H2,1H3. The number of nitriles is 1. The number of carbonyl (C=O) groups excluding carboxylic acids is 1. The molecule has 3 aromatic rings. The molecule has 138 valence electrons. The summed E-state index contributed by atoms with van der Waals surface area (Å²) in [5.41, 5.74) is 3.49. The number of nitrogens with one attached hydrogen (secondary N) is 2. The molecular weight excluding hydrogens is 378 g/mol. The van der Waals surface area contributed by atoms with Crippen LogP contribution in [0, 0.1) is 18.3 Å². The molecule has 0 radical (unpaired) electrons. The van der Waals surface area contributed by atoms with Gasteiger partial charge >= 0.3 is 0 Å². The number of rotatable bonds is 4. The topological polar surface area (TPSA) is 84.8 Å². The summed E-state index contributed by atoms with van der Waals surface area (Å²) in [7, 11) is 0. The molecule has 0 unspecified atom stereocenters. The molecule has 3 heterocycles. The van der Waals surface area contributed by atoms with E-state index in [4.69, 9.17) is 0 Å². The van der Waals surface area contributed by atoms with E-state index in [-0.39, 0.29) is 5.91 Å². The van der Waals surface area contributed by atoms with Crippen molar-refractivity contribution in [2.75, 3.05) is 17.8 Å². The number of fused-ring (bicyclic) bond motifs is 1. The van der Waals surface area contributed by atoms with Crippen molar-refractivity contribution in [1.82, 2.24) is 14.9 Å². The molecule has 1 aliphatic heterocycles. The maximum Gasteiger partial charge on any atom is 0.265 e. The van der Waals surface area contributed by atoms with E-state index in [1.807, 2.05) is 24.0 Å². The number of carbonyl (C=O) groups is 1. The van der Waals surface area contributed by atoms with Gasteiger partial charge in [0.2, 0.25) is 0 Å². The zero-order valence-electron chi connectivity index (χ0n) is 14.9. The monoisotopic (exact) mass is 397 g/mol. The molecule has 1 amide bonds. The highest BCUT2D eigenvalue weighted by molar-refractivity contribution is 8.02. The average molecular weight is 398 g/mol. The molecule has 4 rings (SSSR count). The van der Waals surface area contributed by atoms with Crippen molar-refractivity contribution in [3.05, 3.63) is 40.5 Å². The number of likely N-dealkylation sites (tertiary alicyclic amines) is 1. The minimum atomic E-state index is 0.0832. The summed E-state index contributed by atoms with van der Waals surface area (Å²) in [6.07, 6.45) is 6.76. The van der Waals surface area contributed by atoms with Gasteiger partial charge in [-0.15, -0.1) is 11.3 Å². The zero-order valence-corrected chi connectivity index (χ0v) is 16.5. The molecule has 1 aliphatic rings. The largest absolute Gasteiger partial charge is 0.358 e. The van der Waals surface area contributed by atoms with E-state index < -0.39 is 0 Å². The first-order valence-electron chi connectivity index (χ1n) is 8.86. The van der Waals surface area contributed by atoms with Crippen LogP contribution in [0.1, 0.15) is 40.1 Å². The molecule has 1 fully saturated rings. The second-order valence-electron chi connectivity index (χ2n) is 6.54. The Bertz CT molecular complexity index is 1030. The number of H-pyrrole nitrogens is 1. The Labute approximate surface area is 165 Å². The van der Waals surface area contributed by atoms with Gasteiger partial charge in [0, 0.05) is 36.6 Å². The molecule has 2 N–H and O–H groups in total. The minimum Gasteiger partial charge on any atom is -0.358 e. The Morgan fingerprint density at radius 3 is 2.96 bits per heavy atom. The van der Waals surface area contributed by atoms with Crippen LogP contribution in [0.2, 0.25) is 0 Å². The summed E-state index contributed by atoms with van der Waals surface area (Å²) >= 11 is 2.79. The quantitative estimate of drug-likeness (QED) is 0.631. The normalized spacial score (nSPS) is 14.3. The summed E-state index contributed by atoms with van der Waals surface area (Å²) in [5.74, 6) is 0.0832. The summed E-state index contributed by atoms with van der Waals surface area (Å²) < 4.78 is 4.09. The molecule has 0 atom stereocenters. The van der Waals surface area contributed by atoms with Crippen molar-refractivity contribution in [2.45, 2.75) is 30.5 Å². The van der Waals surface area contributed by atoms with Gasteiger partial charge in [0.15, 0.2) is 4.34 Å². The molecule has 1 aromatic carbocycles. The second kappa shape index (κ2) is 7.62. The van der Waals surface area contributed by atoms with Gasteiger partial charge in [-0.3, -0.25) is 4.79 Å². The molecular formula is C19H19N5OS2. The van der Waals surface area contributed by atoms with E-state index in [0.717, 1.165) is 52.4 Å². The summed E-state index contributed by atoms with van der Waals surface area (Å²) in [6.45, 7) is 3.67. The molecule has 0 spiro atoms. The number of aryl methyl sites for hydroxylation is 1. The van der Waals surface area contributed by atoms with Crippen molar-refractivity contribution in [3.63, 3.8) is 0 Å². The van der Waals surface area contributed by atoms with Crippen LogP contribution in [-0.4, -0.2) is 33.9 Å². The first-order chi connectivity index (χ1) is 13.2. The third kappa shape index (κ3) is 3.53. The molecule has 6 nitrogen and oxygen atoms in total. The number of anilines is 1. The fourth-order valence-electron chi connectivity index (χ4n) is 3.35. The molecule has 8 heteroatoms. The first kappa shape index (κ1) is 17.9. The van der Waals surface area contributed by atoms with Gasteiger partial charge in [0.05, 0.1) is 23.0 Å². The van der Waals surface area contributed by atoms with E-state index in [9.17, 15) is 10.1 Å². The lowest BCUT2D eigenvalue weighted by molar-refractivity contribution is 0.0729. The third-order valence-corrected chi connectivity index (χ3v) is 6.63. The Hall–Kier alpha value is -2.50. The van der Waals surface area contributed by atoms with Crippen molar-refractivity contribution < 1.29 is 4.79 Å². The highest BCUT2D eigenvalue weighted by Gasteiger charge is 2.20. The van der Waals surface area contributed by atoms with Gasteiger partial charge in [-0.1, -0.05) is 6.07 Å². The molecule has 0 bridgehead atoms. The van der Waals surface area contributed by atoms with Crippen molar-refractivity contribution in [3.8, 4) is 6.07 Å². The van der Waals surface area contributed by atoms with Crippen LogP contribution in [0.4, 0.5) is 5.69 Å². The Kier molecular flexibility index (Phi) is 5.05. The number of thiazole rings is 1. The van der Waals surface area contributed by atoms with Crippen molar-refractivity contribution in [1.29, 1.82) is 5.26 Å². The number of aromatic nitrogens is 2. The van der Waals surface area contributed by atoms with E-state index in [0.29, 0.717) is 10.4 Å². The predicted molar refractivity (Wildman–Crippen MR) is 109 cm³/mol. The van der Waals surface area contributed by atoms with Crippen LogP contribution in [0.25, 0.3) is 10.9 Å². The Morgan fingerprint density at radius 2 is 2.19 bits per heavy atom. The number of nitrogens with zero attached hydrogens (tertiary/aromatic N) is 3. The third-order valence-electron chi connectivity index (χ3n) is 4.75. The molecule has 0 aliphatic carbocycles. The maximum absolute atomic E-state index is 12.6. The van der Waals surface area contributed by atoms with E-state index in [1.54, 1.807) is 12.4 Å². The Morgan fingerprint density at radius 1 is 1.37 bits per heavy atom. The number of hydrogen-bond acceptors (Lipinski definition) is 6. The van der Waals surface area contributed by atoms with Gasteiger partial charge in [-0.2, -0.15) is 5.26 Å². The number of piperidine rings is 1. The minimum absolute atomic E-state index is 0.0832. The number of hydrogen-bond donors (Lipinski definition) is 2. The predicted octanol–water partition coefficient (Wildman–Crippen LogP) is 4.55. The van der Waals surface area contributed by atoms with Crippen molar-refractivity contribution in [2.24, 2.45) is 0 Å². The van der Waals surface area contributed by atoms with Crippen molar-refractivity contribution >= 4 is 45.8 Å². The van der Waals surface area contributed by atoms with Crippen LogP contribution in [0.5, 0.6) is 0 Å². The van der Waals surface area contributed by atoms with Crippen LogP contribution in [0.15, 0.2) is 28.9 Å². The average Bonchev–Trinajstić information content (AvgIpc) is 3.35. The number of amides is 1. The zero-order chi connectivity index (χ0) is 18.8. The lowest BCUT2D eigenvalue weighted by Gasteiger charge is -2.25. The van der Waals surface area contributed by atoms with Gasteiger partial charge in [-0.25, -0.2) is 4.98 Å². The van der Waals surface area contributed by atoms with Gasteiger partial charge in [0.1, 0.15) is 10.9 Å². The van der Waals surface area contributed by atoms with Crippen LogP contribution in [-0.2, 0) is 0 Å². The first-order valence-corrected chi connectivity index (χ1v) is 10.5. The lowest BCUT2D eigenvalue weighted by atomic mass is 10.1. The van der Waals surface area contributed by atoms with E-state index in [1.165, 1.54) is 29.7 Å². The molecule has 2 aromatic heterocycles. The van der Waals surface area contributed by atoms with Gasteiger partial charge < -0.3 is 14.6 Å². The summed E-state index contributed by atoms with van der Waals surface area (Å²) in [6, 6.07) is 6.20. The smallest absolute Gasteiger partial charge is 0.265 e.